The molecule has 0 N–H and O–H groups in total. The molecule has 0 radical (unpaired) electrons. The molecule has 0 amide bonds. The highest BCUT2D eigenvalue weighted by Crippen LogP contribution is 2.35. The van der Waals surface area contributed by atoms with E-state index in [-0.39, 0.29) is 12.6 Å². The molecule has 0 heterocycles. The summed E-state index contributed by atoms with van der Waals surface area (Å²) in [6.07, 6.45) is 2.91. The van der Waals surface area contributed by atoms with Crippen molar-refractivity contribution in [2.75, 3.05) is 6.67 Å². The fraction of sp³-hybridized carbons (Fsp3) is 0.875. The molecule has 102 valence electrons. The number of alkyl halides is 1. The second kappa shape index (κ2) is 7.18. The van der Waals surface area contributed by atoms with E-state index in [1.807, 2.05) is 0 Å². The molecule has 1 heteroatoms. The van der Waals surface area contributed by atoms with Crippen LogP contribution < -0.4 is 0 Å². The molecule has 0 rings (SSSR count). The van der Waals surface area contributed by atoms with Gasteiger partial charge in [-0.2, -0.15) is 0 Å². The number of allylic oxidation sites excluding steroid dienone is 1. The Morgan fingerprint density at radius 2 is 1.76 bits per heavy atom. The van der Waals surface area contributed by atoms with Crippen LogP contribution in [0.15, 0.2) is 12.2 Å². The fourth-order valence-electron chi connectivity index (χ4n) is 2.34. The summed E-state index contributed by atoms with van der Waals surface area (Å²) in [5.74, 6) is 1.29. The van der Waals surface area contributed by atoms with E-state index in [9.17, 15) is 4.39 Å². The van der Waals surface area contributed by atoms with Crippen molar-refractivity contribution < 1.29 is 4.39 Å². The SMILES string of the molecule is C=C(CC(CC)CF)C(CC(C)(C)C)C(C)C. The summed E-state index contributed by atoms with van der Waals surface area (Å²) in [5, 5.41) is 0. The first-order valence-electron chi connectivity index (χ1n) is 6.94. The Balaban J connectivity index is 4.55. The summed E-state index contributed by atoms with van der Waals surface area (Å²) >= 11 is 0. The van der Waals surface area contributed by atoms with Gasteiger partial charge in [0.15, 0.2) is 0 Å². The summed E-state index contributed by atoms with van der Waals surface area (Å²) in [6.45, 7) is 17.4. The van der Waals surface area contributed by atoms with E-state index in [1.54, 1.807) is 0 Å². The smallest absolute Gasteiger partial charge is 0.0925 e. The van der Waals surface area contributed by atoms with Crippen LogP contribution in [0.1, 0.15) is 60.8 Å². The highest BCUT2D eigenvalue weighted by molar-refractivity contribution is 5.04. The summed E-state index contributed by atoms with van der Waals surface area (Å²) < 4.78 is 12.8. The van der Waals surface area contributed by atoms with Crippen molar-refractivity contribution >= 4 is 0 Å². The van der Waals surface area contributed by atoms with Crippen LogP contribution >= 0.6 is 0 Å². The Morgan fingerprint density at radius 1 is 1.24 bits per heavy atom. The van der Waals surface area contributed by atoms with Crippen LogP contribution in [0.3, 0.4) is 0 Å². The van der Waals surface area contributed by atoms with Crippen LogP contribution in [0, 0.1) is 23.2 Å². The van der Waals surface area contributed by atoms with E-state index in [0.717, 1.165) is 19.3 Å². The van der Waals surface area contributed by atoms with Crippen LogP contribution in [0.5, 0.6) is 0 Å². The third-order valence-electron chi connectivity index (χ3n) is 3.51. The molecular weight excluding hydrogens is 211 g/mol. The number of halogens is 1. The molecule has 0 saturated carbocycles. The van der Waals surface area contributed by atoms with E-state index in [0.29, 0.717) is 17.3 Å². The van der Waals surface area contributed by atoms with Gasteiger partial charge in [-0.15, -0.1) is 0 Å². The van der Waals surface area contributed by atoms with Gasteiger partial charge in [0.2, 0.25) is 0 Å². The maximum atomic E-state index is 12.8. The molecular formula is C16H31F. The van der Waals surface area contributed by atoms with Gasteiger partial charge in [0.1, 0.15) is 0 Å². The third kappa shape index (κ3) is 6.85. The Kier molecular flexibility index (Phi) is 7.04. The first-order valence-corrected chi connectivity index (χ1v) is 6.94. The molecule has 0 aromatic carbocycles. The topological polar surface area (TPSA) is 0 Å². The first-order chi connectivity index (χ1) is 7.71. The van der Waals surface area contributed by atoms with Crippen molar-refractivity contribution in [3.63, 3.8) is 0 Å². The lowest BCUT2D eigenvalue weighted by atomic mass is 9.74. The summed E-state index contributed by atoms with van der Waals surface area (Å²) in [7, 11) is 0. The Hall–Kier alpha value is -0.330. The molecule has 0 spiro atoms. The van der Waals surface area contributed by atoms with Crippen molar-refractivity contribution in [3.8, 4) is 0 Å². The molecule has 0 nitrogen and oxygen atoms in total. The average Bonchev–Trinajstić information content (AvgIpc) is 2.20. The Labute approximate surface area is 108 Å². The molecule has 0 aromatic rings. The van der Waals surface area contributed by atoms with Crippen molar-refractivity contribution in [1.82, 2.24) is 0 Å². The molecule has 2 unspecified atom stereocenters. The quantitative estimate of drug-likeness (QED) is 0.507. The van der Waals surface area contributed by atoms with Gasteiger partial charge in [-0.3, -0.25) is 4.39 Å². The maximum Gasteiger partial charge on any atom is 0.0925 e. The fourth-order valence-corrected chi connectivity index (χ4v) is 2.34. The van der Waals surface area contributed by atoms with E-state index in [1.165, 1.54) is 5.57 Å². The second-order valence-corrected chi connectivity index (χ2v) is 6.91. The van der Waals surface area contributed by atoms with Gasteiger partial charge in [0, 0.05) is 0 Å². The zero-order valence-corrected chi connectivity index (χ0v) is 12.6. The van der Waals surface area contributed by atoms with Gasteiger partial charge >= 0.3 is 0 Å². The van der Waals surface area contributed by atoms with Crippen molar-refractivity contribution in [3.05, 3.63) is 12.2 Å². The highest BCUT2D eigenvalue weighted by Gasteiger charge is 2.24. The lowest BCUT2D eigenvalue weighted by Crippen LogP contribution is -2.21. The molecule has 0 aliphatic carbocycles. The third-order valence-corrected chi connectivity index (χ3v) is 3.51. The minimum absolute atomic E-state index is 0.170. The lowest BCUT2D eigenvalue weighted by Gasteiger charge is -2.31. The molecule has 0 aromatic heterocycles. The van der Waals surface area contributed by atoms with Crippen LogP contribution in [0.2, 0.25) is 0 Å². The van der Waals surface area contributed by atoms with Crippen molar-refractivity contribution in [2.24, 2.45) is 23.2 Å². The Bertz CT molecular complexity index is 218. The summed E-state index contributed by atoms with van der Waals surface area (Å²) in [6, 6.07) is 0. The zero-order valence-electron chi connectivity index (χ0n) is 12.6. The minimum Gasteiger partial charge on any atom is -0.251 e. The molecule has 17 heavy (non-hydrogen) atoms. The minimum atomic E-state index is -0.212. The zero-order chi connectivity index (χ0) is 13.6. The first kappa shape index (κ1) is 16.7. The predicted molar refractivity (Wildman–Crippen MR) is 75.9 cm³/mol. The number of hydrogen-bond donors (Lipinski definition) is 0. The van der Waals surface area contributed by atoms with Crippen molar-refractivity contribution in [1.29, 1.82) is 0 Å². The number of rotatable bonds is 7. The molecule has 2 atom stereocenters. The molecule has 0 aliphatic rings. The molecule has 0 saturated heterocycles. The van der Waals surface area contributed by atoms with E-state index in [2.05, 4.69) is 48.1 Å². The Morgan fingerprint density at radius 3 is 2.06 bits per heavy atom. The molecule has 0 aliphatic heterocycles. The normalized spacial score (nSPS) is 16.0. The van der Waals surface area contributed by atoms with Crippen LogP contribution in [-0.2, 0) is 0 Å². The van der Waals surface area contributed by atoms with Crippen LogP contribution in [0.25, 0.3) is 0 Å². The highest BCUT2D eigenvalue weighted by atomic mass is 19.1. The van der Waals surface area contributed by atoms with Crippen molar-refractivity contribution in [2.45, 2.75) is 60.8 Å². The van der Waals surface area contributed by atoms with Crippen LogP contribution in [-0.4, -0.2) is 6.67 Å². The largest absolute Gasteiger partial charge is 0.251 e. The monoisotopic (exact) mass is 242 g/mol. The van der Waals surface area contributed by atoms with Gasteiger partial charge in [0.05, 0.1) is 6.67 Å². The van der Waals surface area contributed by atoms with Crippen LogP contribution in [0.4, 0.5) is 4.39 Å². The molecule has 0 fully saturated rings. The van der Waals surface area contributed by atoms with Gasteiger partial charge in [0.25, 0.3) is 0 Å². The van der Waals surface area contributed by atoms with Gasteiger partial charge in [-0.1, -0.05) is 60.1 Å². The van der Waals surface area contributed by atoms with E-state index < -0.39 is 0 Å². The number of hydrogen-bond acceptors (Lipinski definition) is 0. The second-order valence-electron chi connectivity index (χ2n) is 6.91. The van der Waals surface area contributed by atoms with Gasteiger partial charge in [-0.25, -0.2) is 0 Å². The average molecular weight is 242 g/mol. The maximum absolute atomic E-state index is 12.8. The summed E-state index contributed by atoms with van der Waals surface area (Å²) in [4.78, 5) is 0. The standard InChI is InChI=1S/C16H31F/c1-8-14(11-17)9-13(4)15(12(2)3)10-16(5,6)7/h12,14-15H,4,8-11H2,1-3,5-7H3. The lowest BCUT2D eigenvalue weighted by molar-refractivity contribution is 0.257. The van der Waals surface area contributed by atoms with E-state index >= 15 is 0 Å². The predicted octanol–water partition coefficient (Wildman–Crippen LogP) is 5.64. The van der Waals surface area contributed by atoms with E-state index in [4.69, 9.17) is 0 Å². The van der Waals surface area contributed by atoms with Gasteiger partial charge < -0.3 is 0 Å². The summed E-state index contributed by atoms with van der Waals surface area (Å²) in [5.41, 5.74) is 1.56. The van der Waals surface area contributed by atoms with Gasteiger partial charge in [-0.05, 0) is 36.0 Å². The molecule has 0 bridgehead atoms.